The van der Waals surface area contributed by atoms with Crippen molar-refractivity contribution < 1.29 is 0 Å². The SMILES string of the molecule is c1ccc(N=NC(=Nc2ccccc2)c2ccccc2)cc1. The first-order valence-electron chi connectivity index (χ1n) is 7.08. The van der Waals surface area contributed by atoms with Crippen molar-refractivity contribution in [3.63, 3.8) is 0 Å². The van der Waals surface area contributed by atoms with Crippen LogP contribution in [0.4, 0.5) is 11.4 Å². The summed E-state index contributed by atoms with van der Waals surface area (Å²) in [5, 5.41) is 8.61. The zero-order valence-electron chi connectivity index (χ0n) is 12.0. The first-order valence-corrected chi connectivity index (χ1v) is 7.08. The van der Waals surface area contributed by atoms with Crippen LogP contribution in [-0.2, 0) is 0 Å². The molecular formula is C19H15N3. The zero-order chi connectivity index (χ0) is 15.0. The summed E-state index contributed by atoms with van der Waals surface area (Å²) in [6.45, 7) is 0. The van der Waals surface area contributed by atoms with Gasteiger partial charge in [-0.3, -0.25) is 0 Å². The molecule has 0 N–H and O–H groups in total. The molecule has 0 radical (unpaired) electrons. The minimum Gasteiger partial charge on any atom is -0.227 e. The zero-order valence-corrected chi connectivity index (χ0v) is 12.0. The third-order valence-electron chi connectivity index (χ3n) is 3.04. The predicted octanol–water partition coefficient (Wildman–Crippen LogP) is 5.55. The second kappa shape index (κ2) is 7.09. The Morgan fingerprint density at radius 1 is 0.545 bits per heavy atom. The molecule has 0 bridgehead atoms. The summed E-state index contributed by atoms with van der Waals surface area (Å²) in [6.07, 6.45) is 0. The van der Waals surface area contributed by atoms with Gasteiger partial charge in [-0.15, -0.1) is 10.2 Å². The number of rotatable bonds is 3. The van der Waals surface area contributed by atoms with Crippen LogP contribution in [0, 0.1) is 0 Å². The van der Waals surface area contributed by atoms with Gasteiger partial charge in [-0.2, -0.15) is 0 Å². The molecule has 0 spiro atoms. The topological polar surface area (TPSA) is 37.1 Å². The lowest BCUT2D eigenvalue weighted by molar-refractivity contribution is 1.26. The molecular weight excluding hydrogens is 270 g/mol. The van der Waals surface area contributed by atoms with Crippen LogP contribution in [0.3, 0.4) is 0 Å². The Bertz CT molecular complexity index is 764. The van der Waals surface area contributed by atoms with Gasteiger partial charge in [-0.1, -0.05) is 66.7 Å². The Balaban J connectivity index is 1.97. The lowest BCUT2D eigenvalue weighted by Gasteiger charge is -2.01. The summed E-state index contributed by atoms with van der Waals surface area (Å²) >= 11 is 0. The van der Waals surface area contributed by atoms with E-state index in [1.165, 1.54) is 0 Å². The van der Waals surface area contributed by atoms with Crippen molar-refractivity contribution in [2.24, 2.45) is 15.2 Å². The lowest BCUT2D eigenvalue weighted by atomic mass is 10.2. The number of aliphatic imine (C=N–C) groups is 1. The summed E-state index contributed by atoms with van der Waals surface area (Å²) in [5.74, 6) is 0.593. The largest absolute Gasteiger partial charge is 0.227 e. The van der Waals surface area contributed by atoms with E-state index in [9.17, 15) is 0 Å². The van der Waals surface area contributed by atoms with E-state index in [1.54, 1.807) is 0 Å². The fourth-order valence-corrected chi connectivity index (χ4v) is 1.96. The molecule has 0 aromatic heterocycles. The number of azo groups is 1. The van der Waals surface area contributed by atoms with E-state index in [0.29, 0.717) is 5.84 Å². The lowest BCUT2D eigenvalue weighted by Crippen LogP contribution is -1.95. The summed E-state index contributed by atoms with van der Waals surface area (Å²) in [6, 6.07) is 29.3. The van der Waals surface area contributed by atoms with Gasteiger partial charge in [-0.25, -0.2) is 4.99 Å². The normalized spacial score (nSPS) is 11.7. The van der Waals surface area contributed by atoms with Gasteiger partial charge in [0.1, 0.15) is 0 Å². The van der Waals surface area contributed by atoms with Crippen molar-refractivity contribution in [2.75, 3.05) is 0 Å². The molecule has 3 rings (SSSR count). The van der Waals surface area contributed by atoms with E-state index in [4.69, 9.17) is 0 Å². The Kier molecular flexibility index (Phi) is 4.47. The fraction of sp³-hybridized carbons (Fsp3) is 0. The highest BCUT2D eigenvalue weighted by atomic mass is 15.1. The van der Waals surface area contributed by atoms with Gasteiger partial charge in [0.15, 0.2) is 5.84 Å². The molecule has 22 heavy (non-hydrogen) atoms. The van der Waals surface area contributed by atoms with Crippen molar-refractivity contribution in [3.8, 4) is 0 Å². The van der Waals surface area contributed by atoms with Crippen LogP contribution in [0.5, 0.6) is 0 Å². The second-order valence-electron chi connectivity index (χ2n) is 4.67. The number of hydrogen-bond acceptors (Lipinski definition) is 2. The molecule has 3 nitrogen and oxygen atoms in total. The first kappa shape index (κ1) is 13.9. The molecule has 0 saturated carbocycles. The van der Waals surface area contributed by atoms with E-state index >= 15 is 0 Å². The van der Waals surface area contributed by atoms with Crippen LogP contribution in [0.1, 0.15) is 5.56 Å². The Morgan fingerprint density at radius 3 is 1.64 bits per heavy atom. The summed E-state index contributed by atoms with van der Waals surface area (Å²) < 4.78 is 0. The number of nitrogens with zero attached hydrogens (tertiary/aromatic N) is 3. The molecule has 0 unspecified atom stereocenters. The van der Waals surface area contributed by atoms with Crippen LogP contribution in [0.2, 0.25) is 0 Å². The van der Waals surface area contributed by atoms with Crippen molar-refractivity contribution in [3.05, 3.63) is 96.6 Å². The Morgan fingerprint density at radius 2 is 1.05 bits per heavy atom. The maximum atomic E-state index is 4.60. The molecule has 0 amide bonds. The minimum atomic E-state index is 0.593. The predicted molar refractivity (Wildman–Crippen MR) is 90.0 cm³/mol. The van der Waals surface area contributed by atoms with Crippen molar-refractivity contribution >= 4 is 17.2 Å². The number of benzene rings is 3. The standard InChI is InChI=1S/C19H15N3/c1-4-10-16(11-5-1)19(20-17-12-6-2-7-13-17)22-21-18-14-8-3-9-15-18/h1-15H. The van der Waals surface area contributed by atoms with Crippen LogP contribution < -0.4 is 0 Å². The molecule has 3 aromatic rings. The van der Waals surface area contributed by atoms with Gasteiger partial charge >= 0.3 is 0 Å². The molecule has 0 atom stereocenters. The molecule has 0 aliphatic carbocycles. The second-order valence-corrected chi connectivity index (χ2v) is 4.67. The van der Waals surface area contributed by atoms with Crippen molar-refractivity contribution in [1.82, 2.24) is 0 Å². The third kappa shape index (κ3) is 3.73. The van der Waals surface area contributed by atoms with Gasteiger partial charge in [0.05, 0.1) is 11.4 Å². The highest BCUT2D eigenvalue weighted by molar-refractivity contribution is 6.00. The smallest absolute Gasteiger partial charge is 0.182 e. The van der Waals surface area contributed by atoms with E-state index < -0.39 is 0 Å². The number of amidine groups is 1. The Hall–Kier alpha value is -3.07. The van der Waals surface area contributed by atoms with E-state index in [2.05, 4.69) is 15.2 Å². The van der Waals surface area contributed by atoms with E-state index in [-0.39, 0.29) is 0 Å². The van der Waals surface area contributed by atoms with Crippen LogP contribution in [0.25, 0.3) is 0 Å². The fourth-order valence-electron chi connectivity index (χ4n) is 1.96. The van der Waals surface area contributed by atoms with Crippen molar-refractivity contribution in [1.29, 1.82) is 0 Å². The maximum absolute atomic E-state index is 4.60. The Labute approximate surface area is 129 Å². The molecule has 0 aliphatic heterocycles. The molecule has 0 fully saturated rings. The molecule has 3 heteroatoms. The quantitative estimate of drug-likeness (QED) is 0.344. The molecule has 0 aliphatic rings. The van der Waals surface area contributed by atoms with Crippen LogP contribution >= 0.6 is 0 Å². The number of para-hydroxylation sites is 1. The molecule has 3 aromatic carbocycles. The maximum Gasteiger partial charge on any atom is 0.182 e. The molecule has 0 heterocycles. The van der Waals surface area contributed by atoms with Gasteiger partial charge in [0, 0.05) is 5.56 Å². The third-order valence-corrected chi connectivity index (χ3v) is 3.04. The average molecular weight is 285 g/mol. The highest BCUT2D eigenvalue weighted by Gasteiger charge is 2.02. The first-order chi connectivity index (χ1) is 10.9. The van der Waals surface area contributed by atoms with Crippen molar-refractivity contribution in [2.45, 2.75) is 0 Å². The summed E-state index contributed by atoms with van der Waals surface area (Å²) in [7, 11) is 0. The van der Waals surface area contributed by atoms with Gasteiger partial charge in [0.25, 0.3) is 0 Å². The van der Waals surface area contributed by atoms with Gasteiger partial charge < -0.3 is 0 Å². The van der Waals surface area contributed by atoms with Crippen LogP contribution in [0.15, 0.2) is 106 Å². The highest BCUT2D eigenvalue weighted by Crippen LogP contribution is 2.16. The summed E-state index contributed by atoms with van der Waals surface area (Å²) in [4.78, 5) is 4.60. The van der Waals surface area contributed by atoms with Crippen LogP contribution in [-0.4, -0.2) is 5.84 Å². The van der Waals surface area contributed by atoms with Gasteiger partial charge in [0.2, 0.25) is 0 Å². The monoisotopic (exact) mass is 285 g/mol. The van der Waals surface area contributed by atoms with Gasteiger partial charge in [-0.05, 0) is 24.3 Å². The molecule has 0 saturated heterocycles. The van der Waals surface area contributed by atoms with E-state index in [0.717, 1.165) is 16.9 Å². The average Bonchev–Trinajstić information content (AvgIpc) is 2.61. The number of hydrogen-bond donors (Lipinski definition) is 0. The summed E-state index contributed by atoms with van der Waals surface area (Å²) in [5.41, 5.74) is 2.60. The minimum absolute atomic E-state index is 0.593. The van der Waals surface area contributed by atoms with E-state index in [1.807, 2.05) is 91.0 Å². The molecule has 106 valence electrons.